The van der Waals surface area contributed by atoms with Crippen molar-refractivity contribution in [2.75, 3.05) is 26.3 Å². The molecule has 234 valence electrons. The van der Waals surface area contributed by atoms with E-state index >= 15 is 0 Å². The van der Waals surface area contributed by atoms with E-state index in [0.29, 0.717) is 31.2 Å². The third-order valence-corrected chi connectivity index (χ3v) is 9.40. The Balaban J connectivity index is 1.22. The number of halogens is 1. The molecule has 2 aromatic rings. The Hall–Kier alpha value is -2.81. The van der Waals surface area contributed by atoms with E-state index in [4.69, 9.17) is 4.74 Å². The van der Waals surface area contributed by atoms with Crippen LogP contribution in [0.4, 0.5) is 4.39 Å². The number of esters is 1. The minimum atomic E-state index is -0.600. The average Bonchev–Trinajstić information content (AvgIpc) is 3.24. The summed E-state index contributed by atoms with van der Waals surface area (Å²) >= 11 is 0. The molecule has 2 saturated heterocycles. The predicted molar refractivity (Wildman–Crippen MR) is 165 cm³/mol. The number of nitrogens with zero attached hydrogens (tertiary/aromatic N) is 3. The number of benzene rings is 2. The summed E-state index contributed by atoms with van der Waals surface area (Å²) in [4.78, 5) is 33.9. The van der Waals surface area contributed by atoms with Gasteiger partial charge in [0.1, 0.15) is 17.0 Å². The largest absolute Gasteiger partial charge is 0.456 e. The van der Waals surface area contributed by atoms with Gasteiger partial charge in [-0.05, 0) is 101 Å². The molecule has 1 amide bonds. The smallest absolute Gasteiger partial charge is 0.338 e. The molecule has 0 aromatic heterocycles. The van der Waals surface area contributed by atoms with Crippen LogP contribution in [0.25, 0.3) is 0 Å². The van der Waals surface area contributed by atoms with Crippen molar-refractivity contribution in [1.29, 1.82) is 0 Å². The highest BCUT2D eigenvalue weighted by Crippen LogP contribution is 2.41. The molecule has 3 fully saturated rings. The molecule has 2 heterocycles. The Morgan fingerprint density at radius 1 is 1.07 bits per heavy atom. The van der Waals surface area contributed by atoms with Gasteiger partial charge in [0.15, 0.2) is 0 Å². The molecule has 1 atom stereocenters. The summed E-state index contributed by atoms with van der Waals surface area (Å²) < 4.78 is 18.8. The van der Waals surface area contributed by atoms with Gasteiger partial charge in [0, 0.05) is 25.7 Å². The molecule has 7 nitrogen and oxygen atoms in total. The molecule has 1 N–H and O–H groups in total. The standard InChI is InChI=1S/C35H48FN3O4/c1-34(2,3)43-32(41)28-10-7-9-26(23-28)24-38-25-39(30-11-5-4-6-12-30)35(33(38)42)18-21-37(22-19-35)20-8-13-31(40)27-14-16-29(36)17-15-27/h7,9-10,14-17,23,30-31,40H,4-6,8,11-13,18-22,24-25H2,1-3H3. The van der Waals surface area contributed by atoms with Crippen molar-refractivity contribution in [3.8, 4) is 0 Å². The number of carbonyl (C=O) groups excluding carboxylic acids is 2. The first kappa shape index (κ1) is 31.6. The van der Waals surface area contributed by atoms with E-state index in [1.165, 1.54) is 31.4 Å². The lowest BCUT2D eigenvalue weighted by molar-refractivity contribution is -0.137. The highest BCUT2D eigenvalue weighted by molar-refractivity contribution is 5.90. The van der Waals surface area contributed by atoms with Crippen LogP contribution < -0.4 is 0 Å². The maximum atomic E-state index is 14.3. The Kier molecular flexibility index (Phi) is 9.89. The van der Waals surface area contributed by atoms with Gasteiger partial charge in [0.05, 0.1) is 18.3 Å². The number of amides is 1. The van der Waals surface area contributed by atoms with Crippen molar-refractivity contribution in [1.82, 2.24) is 14.7 Å². The summed E-state index contributed by atoms with van der Waals surface area (Å²) in [6, 6.07) is 14.0. The number of aliphatic hydroxyl groups excluding tert-OH is 1. The zero-order chi connectivity index (χ0) is 30.6. The number of hydrogen-bond donors (Lipinski definition) is 1. The van der Waals surface area contributed by atoms with Gasteiger partial charge in [-0.25, -0.2) is 9.18 Å². The second-order valence-electron chi connectivity index (χ2n) is 13.7. The van der Waals surface area contributed by atoms with E-state index < -0.39 is 17.2 Å². The number of carbonyl (C=O) groups is 2. The molecule has 2 aromatic carbocycles. The molecule has 3 aliphatic rings. The first-order valence-electron chi connectivity index (χ1n) is 16.1. The Labute approximate surface area is 256 Å². The van der Waals surface area contributed by atoms with Gasteiger partial charge >= 0.3 is 5.97 Å². The number of likely N-dealkylation sites (tertiary alicyclic amines) is 1. The van der Waals surface area contributed by atoms with Gasteiger partial charge in [-0.1, -0.05) is 43.5 Å². The van der Waals surface area contributed by atoms with Crippen LogP contribution in [0.1, 0.15) is 106 Å². The van der Waals surface area contributed by atoms with E-state index in [1.807, 2.05) is 43.9 Å². The molecule has 1 unspecified atom stereocenters. The van der Waals surface area contributed by atoms with Crippen LogP contribution >= 0.6 is 0 Å². The maximum absolute atomic E-state index is 14.3. The second kappa shape index (κ2) is 13.4. The highest BCUT2D eigenvalue weighted by Gasteiger charge is 2.55. The van der Waals surface area contributed by atoms with E-state index in [0.717, 1.165) is 62.9 Å². The Morgan fingerprint density at radius 3 is 2.44 bits per heavy atom. The van der Waals surface area contributed by atoms with Crippen LogP contribution in [0.3, 0.4) is 0 Å². The number of ether oxygens (including phenoxy) is 1. The molecule has 1 spiro atoms. The quantitative estimate of drug-likeness (QED) is 0.356. The van der Waals surface area contributed by atoms with Gasteiger partial charge in [-0.3, -0.25) is 9.69 Å². The summed E-state index contributed by atoms with van der Waals surface area (Å²) in [6.07, 6.45) is 8.44. The van der Waals surface area contributed by atoms with E-state index in [2.05, 4.69) is 9.80 Å². The molecule has 0 radical (unpaired) electrons. The van der Waals surface area contributed by atoms with Crippen LogP contribution in [0.5, 0.6) is 0 Å². The number of aliphatic hydroxyl groups is 1. The second-order valence-corrected chi connectivity index (χ2v) is 13.7. The summed E-state index contributed by atoms with van der Waals surface area (Å²) in [7, 11) is 0. The molecular formula is C35H48FN3O4. The predicted octanol–water partition coefficient (Wildman–Crippen LogP) is 6.06. The van der Waals surface area contributed by atoms with Crippen LogP contribution in [-0.2, 0) is 16.1 Å². The maximum Gasteiger partial charge on any atom is 0.338 e. The van der Waals surface area contributed by atoms with Gasteiger partial charge in [0.25, 0.3) is 0 Å². The van der Waals surface area contributed by atoms with Crippen molar-refractivity contribution in [2.45, 2.75) is 108 Å². The van der Waals surface area contributed by atoms with Crippen molar-refractivity contribution >= 4 is 11.9 Å². The molecule has 2 aliphatic heterocycles. The minimum absolute atomic E-state index is 0.215. The zero-order valence-corrected chi connectivity index (χ0v) is 26.1. The normalized spacial score (nSPS) is 21.0. The van der Waals surface area contributed by atoms with Crippen LogP contribution in [0, 0.1) is 5.82 Å². The molecule has 1 aliphatic carbocycles. The molecule has 1 saturated carbocycles. The lowest BCUT2D eigenvalue weighted by atomic mass is 9.82. The monoisotopic (exact) mass is 593 g/mol. The van der Waals surface area contributed by atoms with Crippen LogP contribution in [0.2, 0.25) is 0 Å². The van der Waals surface area contributed by atoms with Gasteiger partial charge in [-0.2, -0.15) is 0 Å². The van der Waals surface area contributed by atoms with Crippen molar-refractivity contribution in [3.05, 3.63) is 71.0 Å². The van der Waals surface area contributed by atoms with E-state index in [-0.39, 0.29) is 17.7 Å². The fourth-order valence-electron chi connectivity index (χ4n) is 7.14. The number of piperidine rings is 1. The van der Waals surface area contributed by atoms with E-state index in [9.17, 15) is 19.1 Å². The van der Waals surface area contributed by atoms with Crippen LogP contribution in [-0.4, -0.2) is 75.2 Å². The number of hydrogen-bond acceptors (Lipinski definition) is 6. The third-order valence-electron chi connectivity index (χ3n) is 9.40. The average molecular weight is 594 g/mol. The van der Waals surface area contributed by atoms with Crippen molar-refractivity contribution < 1.29 is 23.8 Å². The fourth-order valence-corrected chi connectivity index (χ4v) is 7.14. The van der Waals surface area contributed by atoms with Gasteiger partial charge in [0.2, 0.25) is 5.91 Å². The first-order valence-corrected chi connectivity index (χ1v) is 16.1. The topological polar surface area (TPSA) is 73.3 Å². The molecular weight excluding hydrogens is 545 g/mol. The summed E-state index contributed by atoms with van der Waals surface area (Å²) in [6.45, 7) is 9.26. The summed E-state index contributed by atoms with van der Waals surface area (Å²) in [5, 5.41) is 10.5. The summed E-state index contributed by atoms with van der Waals surface area (Å²) in [5.74, 6) is -0.429. The molecule has 0 bridgehead atoms. The fraction of sp³-hybridized carbons (Fsp3) is 0.600. The van der Waals surface area contributed by atoms with Crippen molar-refractivity contribution in [2.24, 2.45) is 0 Å². The summed E-state index contributed by atoms with van der Waals surface area (Å²) in [5.41, 5.74) is 1.15. The van der Waals surface area contributed by atoms with Crippen molar-refractivity contribution in [3.63, 3.8) is 0 Å². The minimum Gasteiger partial charge on any atom is -0.456 e. The number of rotatable bonds is 9. The van der Waals surface area contributed by atoms with Gasteiger partial charge in [-0.15, -0.1) is 0 Å². The highest BCUT2D eigenvalue weighted by atomic mass is 19.1. The Morgan fingerprint density at radius 2 is 1.77 bits per heavy atom. The van der Waals surface area contributed by atoms with Crippen LogP contribution in [0.15, 0.2) is 48.5 Å². The first-order chi connectivity index (χ1) is 20.5. The SMILES string of the molecule is CC(C)(C)OC(=O)c1cccc(CN2CN(C3CCCCC3)C3(CCN(CCCC(O)c4ccc(F)cc4)CC3)C2=O)c1. The lowest BCUT2D eigenvalue weighted by Gasteiger charge is -2.46. The Bertz CT molecular complexity index is 1250. The van der Waals surface area contributed by atoms with E-state index in [1.54, 1.807) is 18.2 Å². The third kappa shape index (κ3) is 7.65. The molecule has 43 heavy (non-hydrogen) atoms. The lowest BCUT2D eigenvalue weighted by Crippen LogP contribution is -2.59. The van der Waals surface area contributed by atoms with Gasteiger partial charge < -0.3 is 19.6 Å². The molecule has 5 rings (SSSR count). The zero-order valence-electron chi connectivity index (χ0n) is 26.1. The molecule has 8 heteroatoms.